The number of hydrogen-bond acceptors (Lipinski definition) is 4. The maximum absolute atomic E-state index is 14.0. The molecule has 0 radical (unpaired) electrons. The maximum Gasteiger partial charge on any atom is 0.323 e. The third-order valence-corrected chi connectivity index (χ3v) is 5.40. The molecule has 2 heterocycles. The lowest BCUT2D eigenvalue weighted by Crippen LogP contribution is -2.35. The Labute approximate surface area is 194 Å². The van der Waals surface area contributed by atoms with E-state index in [9.17, 15) is 22.8 Å². The zero-order valence-electron chi connectivity index (χ0n) is 18.1. The topological polar surface area (TPSA) is 77.6 Å². The molecular formula is C24H22F3N5O2. The minimum atomic E-state index is -0.882. The van der Waals surface area contributed by atoms with Crippen LogP contribution in [0.25, 0.3) is 0 Å². The first-order chi connectivity index (χ1) is 16.4. The van der Waals surface area contributed by atoms with Crippen LogP contribution in [0.1, 0.15) is 16.8 Å². The fraction of sp³-hybridized carbons (Fsp3) is 0.208. The molecule has 0 saturated carbocycles. The summed E-state index contributed by atoms with van der Waals surface area (Å²) >= 11 is 0. The molecule has 0 spiro atoms. The van der Waals surface area contributed by atoms with Crippen molar-refractivity contribution in [1.29, 1.82) is 0 Å². The molecule has 1 aromatic heterocycles. The second-order valence-corrected chi connectivity index (χ2v) is 7.72. The van der Waals surface area contributed by atoms with Gasteiger partial charge in [-0.25, -0.2) is 22.9 Å². The van der Waals surface area contributed by atoms with E-state index < -0.39 is 23.5 Å². The van der Waals surface area contributed by atoms with Crippen molar-refractivity contribution in [2.45, 2.75) is 6.42 Å². The number of nitrogens with one attached hydrogen (secondary N) is 2. The van der Waals surface area contributed by atoms with E-state index in [0.717, 1.165) is 12.1 Å². The molecule has 1 aliphatic heterocycles. The average Bonchev–Trinajstić information content (AvgIpc) is 3.08. The third-order valence-electron chi connectivity index (χ3n) is 5.40. The first kappa shape index (κ1) is 23.1. The van der Waals surface area contributed by atoms with Gasteiger partial charge in [0.05, 0.1) is 23.1 Å². The van der Waals surface area contributed by atoms with Crippen molar-refractivity contribution in [2.75, 3.05) is 41.7 Å². The Morgan fingerprint density at radius 3 is 2.41 bits per heavy atom. The maximum atomic E-state index is 14.0. The Morgan fingerprint density at radius 2 is 1.68 bits per heavy atom. The monoisotopic (exact) mass is 469 g/mol. The van der Waals surface area contributed by atoms with Gasteiger partial charge in [0.15, 0.2) is 0 Å². The summed E-state index contributed by atoms with van der Waals surface area (Å²) in [5.74, 6) is -1.83. The molecule has 0 atom stereocenters. The first-order valence-corrected chi connectivity index (χ1v) is 10.7. The van der Waals surface area contributed by atoms with Crippen molar-refractivity contribution in [3.05, 3.63) is 83.8 Å². The van der Waals surface area contributed by atoms with Crippen LogP contribution in [0.2, 0.25) is 0 Å². The summed E-state index contributed by atoms with van der Waals surface area (Å²) in [5, 5.41) is 4.85. The zero-order valence-corrected chi connectivity index (χ0v) is 18.1. The van der Waals surface area contributed by atoms with Crippen LogP contribution < -0.4 is 15.5 Å². The Kier molecular flexibility index (Phi) is 6.95. The second-order valence-electron chi connectivity index (χ2n) is 7.72. The summed E-state index contributed by atoms with van der Waals surface area (Å²) < 4.78 is 40.7. The Bertz CT molecular complexity index is 1190. The van der Waals surface area contributed by atoms with Gasteiger partial charge in [-0.1, -0.05) is 12.1 Å². The van der Waals surface area contributed by atoms with Crippen molar-refractivity contribution >= 4 is 29.1 Å². The van der Waals surface area contributed by atoms with Crippen LogP contribution in [0.5, 0.6) is 0 Å². The number of rotatable bonds is 4. The normalized spacial score (nSPS) is 13.9. The van der Waals surface area contributed by atoms with E-state index in [0.29, 0.717) is 50.2 Å². The van der Waals surface area contributed by atoms with Gasteiger partial charge < -0.3 is 20.4 Å². The van der Waals surface area contributed by atoms with E-state index in [1.54, 1.807) is 29.2 Å². The molecule has 3 aromatic rings. The summed E-state index contributed by atoms with van der Waals surface area (Å²) in [4.78, 5) is 32.8. The van der Waals surface area contributed by atoms with Crippen molar-refractivity contribution in [3.8, 4) is 0 Å². The van der Waals surface area contributed by atoms with Crippen molar-refractivity contribution in [3.63, 3.8) is 0 Å². The molecular weight excluding hydrogens is 447 g/mol. The van der Waals surface area contributed by atoms with Gasteiger partial charge in [0.25, 0.3) is 5.91 Å². The molecule has 0 aliphatic carbocycles. The van der Waals surface area contributed by atoms with E-state index in [1.165, 1.54) is 18.3 Å². The SMILES string of the molecule is O=C(Nc1ccc(N2CCCN(C(=O)c3ccccc3F)CC2)nc1)Nc1ccc(F)cc1F. The number of amides is 3. The minimum absolute atomic E-state index is 0.0586. The Balaban J connectivity index is 1.34. The number of urea groups is 1. The molecule has 7 nitrogen and oxygen atoms in total. The molecule has 1 fully saturated rings. The molecule has 34 heavy (non-hydrogen) atoms. The molecule has 2 aromatic carbocycles. The number of hydrogen-bond donors (Lipinski definition) is 2. The summed E-state index contributed by atoms with van der Waals surface area (Å²) in [6, 6.07) is 11.5. The number of benzene rings is 2. The number of carbonyl (C=O) groups is 2. The number of aromatic nitrogens is 1. The van der Waals surface area contributed by atoms with Gasteiger partial charge in [-0.2, -0.15) is 0 Å². The number of anilines is 3. The van der Waals surface area contributed by atoms with E-state index in [1.807, 2.05) is 4.90 Å². The second kappa shape index (κ2) is 10.2. The van der Waals surface area contributed by atoms with Gasteiger partial charge in [0.1, 0.15) is 23.3 Å². The van der Waals surface area contributed by atoms with Crippen molar-refractivity contribution in [1.82, 2.24) is 9.88 Å². The Hall–Kier alpha value is -4.08. The third kappa shape index (κ3) is 5.45. The van der Waals surface area contributed by atoms with E-state index in [-0.39, 0.29) is 17.2 Å². The highest BCUT2D eigenvalue weighted by Gasteiger charge is 2.23. The van der Waals surface area contributed by atoms with Crippen molar-refractivity contribution in [2.24, 2.45) is 0 Å². The predicted molar refractivity (Wildman–Crippen MR) is 122 cm³/mol. The number of carbonyl (C=O) groups excluding carboxylic acids is 2. The van der Waals surface area contributed by atoms with Gasteiger partial charge in [-0.3, -0.25) is 4.79 Å². The summed E-state index contributed by atoms with van der Waals surface area (Å²) in [7, 11) is 0. The molecule has 0 bridgehead atoms. The fourth-order valence-corrected chi connectivity index (χ4v) is 3.68. The van der Waals surface area contributed by atoms with Gasteiger partial charge >= 0.3 is 6.03 Å². The molecule has 2 N–H and O–H groups in total. The van der Waals surface area contributed by atoms with Crippen LogP contribution in [-0.4, -0.2) is 48.0 Å². The molecule has 1 aliphatic rings. The lowest BCUT2D eigenvalue weighted by molar-refractivity contribution is 0.0762. The quantitative estimate of drug-likeness (QED) is 0.590. The highest BCUT2D eigenvalue weighted by molar-refractivity contribution is 5.99. The van der Waals surface area contributed by atoms with Gasteiger partial charge in [0, 0.05) is 32.2 Å². The molecule has 10 heteroatoms. The van der Waals surface area contributed by atoms with Gasteiger partial charge in [0.2, 0.25) is 0 Å². The summed E-state index contributed by atoms with van der Waals surface area (Å²) in [6.45, 7) is 2.10. The van der Waals surface area contributed by atoms with E-state index in [4.69, 9.17) is 0 Å². The minimum Gasteiger partial charge on any atom is -0.355 e. The van der Waals surface area contributed by atoms with Crippen LogP contribution in [0.4, 0.5) is 35.2 Å². The first-order valence-electron chi connectivity index (χ1n) is 10.7. The highest BCUT2D eigenvalue weighted by Crippen LogP contribution is 2.19. The molecule has 0 unspecified atom stereocenters. The molecule has 3 amide bonds. The predicted octanol–water partition coefficient (Wildman–Crippen LogP) is 4.50. The van der Waals surface area contributed by atoms with Crippen LogP contribution in [0.15, 0.2) is 60.8 Å². The highest BCUT2D eigenvalue weighted by atomic mass is 19.1. The lowest BCUT2D eigenvalue weighted by Gasteiger charge is -2.23. The smallest absolute Gasteiger partial charge is 0.323 e. The molecule has 4 rings (SSSR count). The standard InChI is InChI=1S/C24H22F3N5O2/c25-16-6-8-21(20(27)14-16)30-24(34)29-17-7-9-22(28-15-17)31-10-3-11-32(13-12-31)23(33)18-4-1-2-5-19(18)26/h1-2,4-9,14-15H,3,10-13H2,(H2,29,30,34). The van der Waals surface area contributed by atoms with Crippen LogP contribution in [0.3, 0.4) is 0 Å². The zero-order chi connectivity index (χ0) is 24.1. The fourth-order valence-electron chi connectivity index (χ4n) is 3.68. The van der Waals surface area contributed by atoms with Gasteiger partial charge in [-0.15, -0.1) is 0 Å². The van der Waals surface area contributed by atoms with Crippen LogP contribution >= 0.6 is 0 Å². The van der Waals surface area contributed by atoms with E-state index >= 15 is 0 Å². The lowest BCUT2D eigenvalue weighted by atomic mass is 10.2. The summed E-state index contributed by atoms with van der Waals surface area (Å²) in [5.41, 5.74) is 0.292. The summed E-state index contributed by atoms with van der Waals surface area (Å²) in [6.07, 6.45) is 2.15. The van der Waals surface area contributed by atoms with Crippen LogP contribution in [0, 0.1) is 17.5 Å². The average molecular weight is 469 g/mol. The van der Waals surface area contributed by atoms with Crippen LogP contribution in [-0.2, 0) is 0 Å². The number of halogens is 3. The number of nitrogens with zero attached hydrogens (tertiary/aromatic N) is 3. The number of pyridine rings is 1. The van der Waals surface area contributed by atoms with E-state index in [2.05, 4.69) is 15.6 Å². The largest absolute Gasteiger partial charge is 0.355 e. The Morgan fingerprint density at radius 1 is 0.853 bits per heavy atom. The van der Waals surface area contributed by atoms with Gasteiger partial charge in [-0.05, 0) is 42.8 Å². The molecule has 1 saturated heterocycles. The molecule has 176 valence electrons. The van der Waals surface area contributed by atoms with Crippen molar-refractivity contribution < 1.29 is 22.8 Å².